The minimum Gasteiger partial charge on any atom is -0.478 e. The average Bonchev–Trinajstić information content (AvgIpc) is 2.85. The van der Waals surface area contributed by atoms with E-state index in [2.05, 4.69) is 10.3 Å². The van der Waals surface area contributed by atoms with Gasteiger partial charge in [0.15, 0.2) is 0 Å². The molecule has 0 saturated carbocycles. The second-order valence-electron chi connectivity index (χ2n) is 4.47. The van der Waals surface area contributed by atoms with Crippen LogP contribution >= 0.6 is 11.3 Å². The van der Waals surface area contributed by atoms with Gasteiger partial charge in [0.05, 0.1) is 16.5 Å². The highest BCUT2D eigenvalue weighted by molar-refractivity contribution is 7.11. The molecule has 1 aromatic heterocycles. The Kier molecular flexibility index (Phi) is 4.18. The standard InChI is InChI=1S/C13H13N3O4S/c1-7-6-14-12(21-7)8(2)15-10-5-9(13(17)18)3-4-11(10)16(19)20/h3-6,8,15H,1-2H3,(H,17,18). The molecule has 0 amide bonds. The van der Waals surface area contributed by atoms with Crippen molar-refractivity contribution in [3.8, 4) is 0 Å². The summed E-state index contributed by atoms with van der Waals surface area (Å²) in [5.74, 6) is -1.13. The molecule has 0 radical (unpaired) electrons. The molecule has 21 heavy (non-hydrogen) atoms. The first kappa shape index (κ1) is 14.9. The molecule has 2 rings (SSSR count). The highest BCUT2D eigenvalue weighted by Gasteiger charge is 2.19. The fourth-order valence-electron chi connectivity index (χ4n) is 1.81. The molecule has 7 nitrogen and oxygen atoms in total. The van der Waals surface area contributed by atoms with Gasteiger partial charge in [-0.05, 0) is 26.0 Å². The lowest BCUT2D eigenvalue weighted by molar-refractivity contribution is -0.384. The average molecular weight is 307 g/mol. The molecular weight excluding hydrogens is 294 g/mol. The molecular formula is C13H13N3O4S. The number of carboxylic acids is 1. The minimum absolute atomic E-state index is 0.00869. The van der Waals surface area contributed by atoms with Crippen molar-refractivity contribution >= 4 is 28.7 Å². The van der Waals surface area contributed by atoms with Crippen LogP contribution in [0.4, 0.5) is 11.4 Å². The monoisotopic (exact) mass is 307 g/mol. The molecule has 0 aliphatic heterocycles. The van der Waals surface area contributed by atoms with Crippen LogP contribution in [-0.2, 0) is 0 Å². The SMILES string of the molecule is Cc1cnc(C(C)Nc2cc(C(=O)O)ccc2[N+](=O)[O-])s1. The van der Waals surface area contributed by atoms with Crippen molar-refractivity contribution < 1.29 is 14.8 Å². The predicted octanol–water partition coefficient (Wildman–Crippen LogP) is 3.23. The maximum Gasteiger partial charge on any atom is 0.335 e. The van der Waals surface area contributed by atoms with Crippen LogP contribution < -0.4 is 5.32 Å². The summed E-state index contributed by atoms with van der Waals surface area (Å²) in [4.78, 5) is 26.7. The van der Waals surface area contributed by atoms with Crippen molar-refractivity contribution in [3.63, 3.8) is 0 Å². The van der Waals surface area contributed by atoms with Gasteiger partial charge >= 0.3 is 5.97 Å². The minimum atomic E-state index is -1.13. The van der Waals surface area contributed by atoms with E-state index < -0.39 is 10.9 Å². The van der Waals surface area contributed by atoms with Crippen molar-refractivity contribution in [1.82, 2.24) is 4.98 Å². The number of nitro groups is 1. The van der Waals surface area contributed by atoms with Gasteiger partial charge in [-0.15, -0.1) is 11.3 Å². The molecule has 110 valence electrons. The van der Waals surface area contributed by atoms with E-state index in [0.29, 0.717) is 0 Å². The van der Waals surface area contributed by atoms with E-state index in [1.165, 1.54) is 29.5 Å². The van der Waals surface area contributed by atoms with E-state index in [0.717, 1.165) is 9.88 Å². The molecule has 0 saturated heterocycles. The Balaban J connectivity index is 2.34. The van der Waals surface area contributed by atoms with E-state index in [-0.39, 0.29) is 23.0 Å². The first-order chi connectivity index (χ1) is 9.88. The van der Waals surface area contributed by atoms with Gasteiger partial charge in [0.1, 0.15) is 10.7 Å². The number of hydrogen-bond acceptors (Lipinski definition) is 6. The quantitative estimate of drug-likeness (QED) is 0.649. The molecule has 1 heterocycles. The van der Waals surface area contributed by atoms with Crippen LogP contribution in [0.3, 0.4) is 0 Å². The summed E-state index contributed by atoms with van der Waals surface area (Å²) < 4.78 is 0. The lowest BCUT2D eigenvalue weighted by atomic mass is 10.1. The van der Waals surface area contributed by atoms with Gasteiger partial charge < -0.3 is 10.4 Å². The largest absolute Gasteiger partial charge is 0.478 e. The van der Waals surface area contributed by atoms with E-state index in [1.54, 1.807) is 6.20 Å². The second kappa shape index (κ2) is 5.88. The van der Waals surface area contributed by atoms with E-state index >= 15 is 0 Å². The number of anilines is 1. The van der Waals surface area contributed by atoms with E-state index in [9.17, 15) is 14.9 Å². The zero-order chi connectivity index (χ0) is 15.6. The Morgan fingerprint density at radius 1 is 1.52 bits per heavy atom. The number of nitro benzene ring substituents is 1. The van der Waals surface area contributed by atoms with Crippen LogP contribution in [-0.4, -0.2) is 21.0 Å². The molecule has 1 aromatic carbocycles. The van der Waals surface area contributed by atoms with Gasteiger partial charge in [-0.3, -0.25) is 10.1 Å². The number of aromatic carboxylic acids is 1. The topological polar surface area (TPSA) is 105 Å². The molecule has 0 aliphatic rings. The number of nitrogens with one attached hydrogen (secondary N) is 1. The molecule has 0 fully saturated rings. The predicted molar refractivity (Wildman–Crippen MR) is 78.9 cm³/mol. The third-order valence-corrected chi connectivity index (χ3v) is 3.92. The fourth-order valence-corrected chi connectivity index (χ4v) is 2.59. The normalized spacial score (nSPS) is 11.9. The molecule has 2 N–H and O–H groups in total. The van der Waals surface area contributed by atoms with Crippen LogP contribution in [0.5, 0.6) is 0 Å². The summed E-state index contributed by atoms with van der Waals surface area (Å²) in [5, 5.41) is 23.8. The Morgan fingerprint density at radius 3 is 2.76 bits per heavy atom. The number of carboxylic acid groups (broad SMARTS) is 1. The van der Waals surface area contributed by atoms with Gasteiger partial charge in [0.2, 0.25) is 0 Å². The second-order valence-corrected chi connectivity index (χ2v) is 5.74. The van der Waals surface area contributed by atoms with E-state index in [4.69, 9.17) is 5.11 Å². The van der Waals surface area contributed by atoms with Gasteiger partial charge in [0.25, 0.3) is 5.69 Å². The first-order valence-electron chi connectivity index (χ1n) is 6.09. The fraction of sp³-hybridized carbons (Fsp3) is 0.231. The molecule has 0 aliphatic carbocycles. The number of thiazole rings is 1. The highest BCUT2D eigenvalue weighted by atomic mass is 32.1. The summed E-state index contributed by atoms with van der Waals surface area (Å²) in [6.45, 7) is 3.73. The molecule has 0 bridgehead atoms. The summed E-state index contributed by atoms with van der Waals surface area (Å²) in [6.07, 6.45) is 1.72. The van der Waals surface area contributed by atoms with Gasteiger partial charge in [-0.2, -0.15) is 0 Å². The third-order valence-electron chi connectivity index (χ3n) is 2.82. The summed E-state index contributed by atoms with van der Waals surface area (Å²) in [5.41, 5.74) is -0.00833. The number of nitrogens with zero attached hydrogens (tertiary/aromatic N) is 2. The zero-order valence-electron chi connectivity index (χ0n) is 11.4. The molecule has 8 heteroatoms. The molecule has 0 spiro atoms. The number of rotatable bonds is 5. The maximum atomic E-state index is 11.0. The van der Waals surface area contributed by atoms with Crippen molar-refractivity contribution in [2.75, 3.05) is 5.32 Å². The molecule has 1 unspecified atom stereocenters. The van der Waals surface area contributed by atoms with Crippen LogP contribution in [0.25, 0.3) is 0 Å². The summed E-state index contributed by atoms with van der Waals surface area (Å²) in [7, 11) is 0. The van der Waals surface area contributed by atoms with Crippen molar-refractivity contribution in [1.29, 1.82) is 0 Å². The van der Waals surface area contributed by atoms with Crippen molar-refractivity contribution in [2.24, 2.45) is 0 Å². The van der Waals surface area contributed by atoms with Crippen LogP contribution in [0.1, 0.15) is 33.2 Å². The van der Waals surface area contributed by atoms with Crippen LogP contribution in [0, 0.1) is 17.0 Å². The lowest BCUT2D eigenvalue weighted by Crippen LogP contribution is -2.09. The lowest BCUT2D eigenvalue weighted by Gasteiger charge is -2.13. The van der Waals surface area contributed by atoms with Gasteiger partial charge in [-0.1, -0.05) is 0 Å². The van der Waals surface area contributed by atoms with Gasteiger partial charge in [-0.25, -0.2) is 9.78 Å². The number of aromatic nitrogens is 1. The number of hydrogen-bond donors (Lipinski definition) is 2. The van der Waals surface area contributed by atoms with Crippen LogP contribution in [0.2, 0.25) is 0 Å². The van der Waals surface area contributed by atoms with Crippen LogP contribution in [0.15, 0.2) is 24.4 Å². The number of aryl methyl sites for hydroxylation is 1. The smallest absolute Gasteiger partial charge is 0.335 e. The third kappa shape index (κ3) is 3.34. The number of benzene rings is 1. The summed E-state index contributed by atoms with van der Waals surface area (Å²) >= 11 is 1.48. The molecule has 1 atom stereocenters. The Labute approximate surface area is 124 Å². The zero-order valence-corrected chi connectivity index (χ0v) is 12.2. The van der Waals surface area contributed by atoms with E-state index in [1.807, 2.05) is 13.8 Å². The van der Waals surface area contributed by atoms with Crippen molar-refractivity contribution in [2.45, 2.75) is 19.9 Å². The first-order valence-corrected chi connectivity index (χ1v) is 6.90. The Hall–Kier alpha value is -2.48. The number of carbonyl (C=O) groups is 1. The van der Waals surface area contributed by atoms with Crippen molar-refractivity contribution in [3.05, 3.63) is 50.0 Å². The highest BCUT2D eigenvalue weighted by Crippen LogP contribution is 2.30. The Morgan fingerprint density at radius 2 is 2.24 bits per heavy atom. The molecule has 2 aromatic rings. The summed E-state index contributed by atoms with van der Waals surface area (Å²) in [6, 6.07) is 3.40. The van der Waals surface area contributed by atoms with Gasteiger partial charge in [0, 0.05) is 17.1 Å². The maximum absolute atomic E-state index is 11.0. The Bertz CT molecular complexity index is 698.